The highest BCUT2D eigenvalue weighted by molar-refractivity contribution is 5.44. The zero-order valence-electron chi connectivity index (χ0n) is 15.8. The van der Waals surface area contributed by atoms with E-state index in [2.05, 4.69) is 64.1 Å². The molecule has 0 fully saturated rings. The predicted octanol–water partition coefficient (Wildman–Crippen LogP) is 5.89. The van der Waals surface area contributed by atoms with Crippen LogP contribution in [0, 0.1) is 19.8 Å². The third-order valence-corrected chi connectivity index (χ3v) is 4.87. The van der Waals surface area contributed by atoms with Crippen LogP contribution in [0.1, 0.15) is 54.9 Å². The molecule has 2 aromatic rings. The molecular weight excluding hydrogens is 296 g/mol. The largest absolute Gasteiger partial charge is 0.496 e. The minimum Gasteiger partial charge on any atom is -0.496 e. The van der Waals surface area contributed by atoms with Crippen LogP contribution in [0.4, 0.5) is 0 Å². The molecule has 2 aromatic carbocycles. The molecule has 0 bridgehead atoms. The Kier molecular flexibility index (Phi) is 6.30. The van der Waals surface area contributed by atoms with E-state index in [0.717, 1.165) is 11.5 Å². The van der Waals surface area contributed by atoms with Gasteiger partial charge in [0.05, 0.1) is 14.2 Å². The first-order valence-corrected chi connectivity index (χ1v) is 8.80. The van der Waals surface area contributed by atoms with E-state index in [-0.39, 0.29) is 0 Å². The molecule has 0 saturated carbocycles. The zero-order valence-corrected chi connectivity index (χ0v) is 15.8. The molecule has 0 saturated heterocycles. The number of aryl methyl sites for hydroxylation is 2. The summed E-state index contributed by atoms with van der Waals surface area (Å²) in [5.41, 5.74) is 5.10. The normalized spacial score (nSPS) is 12.3. The first-order valence-electron chi connectivity index (χ1n) is 8.80. The molecule has 0 aliphatic heterocycles. The average Bonchev–Trinajstić information content (AvgIpc) is 2.56. The van der Waals surface area contributed by atoms with Crippen LogP contribution in [0.15, 0.2) is 36.4 Å². The smallest absolute Gasteiger partial charge is 0.121 e. The van der Waals surface area contributed by atoms with Gasteiger partial charge < -0.3 is 9.47 Å². The molecule has 0 amide bonds. The van der Waals surface area contributed by atoms with Gasteiger partial charge in [-0.25, -0.2) is 0 Å². The quantitative estimate of drug-likeness (QED) is 0.631. The van der Waals surface area contributed by atoms with Crippen molar-refractivity contribution in [3.8, 4) is 11.5 Å². The molecule has 130 valence electrons. The maximum Gasteiger partial charge on any atom is 0.121 e. The number of hydrogen-bond donors (Lipinski definition) is 0. The van der Waals surface area contributed by atoms with E-state index in [4.69, 9.17) is 9.47 Å². The van der Waals surface area contributed by atoms with Crippen LogP contribution in [0.5, 0.6) is 11.5 Å². The van der Waals surface area contributed by atoms with Gasteiger partial charge in [-0.1, -0.05) is 51.0 Å². The SMILES string of the molecule is CCCC(C)C(c1ccc(OC)c(C)c1)c1ccc(OC)c(C)c1. The third-order valence-electron chi connectivity index (χ3n) is 4.87. The highest BCUT2D eigenvalue weighted by Gasteiger charge is 2.22. The molecule has 0 spiro atoms. The van der Waals surface area contributed by atoms with Gasteiger partial charge in [-0.2, -0.15) is 0 Å². The summed E-state index contributed by atoms with van der Waals surface area (Å²) in [6, 6.07) is 13.1. The zero-order chi connectivity index (χ0) is 17.7. The molecule has 0 radical (unpaired) electrons. The number of benzene rings is 2. The van der Waals surface area contributed by atoms with Crippen molar-refractivity contribution in [1.82, 2.24) is 0 Å². The van der Waals surface area contributed by atoms with Crippen LogP contribution in [-0.4, -0.2) is 14.2 Å². The first-order chi connectivity index (χ1) is 11.5. The van der Waals surface area contributed by atoms with Gasteiger partial charge in [0.2, 0.25) is 0 Å². The van der Waals surface area contributed by atoms with Gasteiger partial charge in [-0.05, 0) is 54.2 Å². The van der Waals surface area contributed by atoms with E-state index in [9.17, 15) is 0 Å². The van der Waals surface area contributed by atoms with E-state index in [1.165, 1.54) is 35.1 Å². The van der Waals surface area contributed by atoms with Gasteiger partial charge in [0, 0.05) is 5.92 Å². The highest BCUT2D eigenvalue weighted by atomic mass is 16.5. The van der Waals surface area contributed by atoms with Crippen LogP contribution in [0.3, 0.4) is 0 Å². The van der Waals surface area contributed by atoms with E-state index < -0.39 is 0 Å². The standard InChI is InChI=1S/C22H30O2/c1-7-8-15(2)22(18-9-11-20(23-5)16(3)13-18)19-10-12-21(24-6)17(4)14-19/h9-15,22H,7-8H2,1-6H3. The number of hydrogen-bond acceptors (Lipinski definition) is 2. The number of ether oxygens (including phenoxy) is 2. The molecule has 0 aliphatic carbocycles. The highest BCUT2D eigenvalue weighted by Crippen LogP contribution is 2.37. The molecule has 24 heavy (non-hydrogen) atoms. The predicted molar refractivity (Wildman–Crippen MR) is 101 cm³/mol. The molecule has 0 heterocycles. The number of rotatable bonds is 7. The van der Waals surface area contributed by atoms with Crippen LogP contribution in [0.2, 0.25) is 0 Å². The van der Waals surface area contributed by atoms with Gasteiger partial charge in [-0.15, -0.1) is 0 Å². The molecule has 0 aromatic heterocycles. The lowest BCUT2D eigenvalue weighted by atomic mass is 9.79. The van der Waals surface area contributed by atoms with Crippen molar-refractivity contribution < 1.29 is 9.47 Å². The Morgan fingerprint density at radius 2 is 1.29 bits per heavy atom. The molecule has 1 unspecified atom stereocenters. The Bertz CT molecular complexity index is 622. The summed E-state index contributed by atoms with van der Waals surface area (Å²) in [6.07, 6.45) is 2.41. The van der Waals surface area contributed by atoms with Crippen molar-refractivity contribution in [2.24, 2.45) is 5.92 Å². The molecule has 0 N–H and O–H groups in total. The van der Waals surface area contributed by atoms with Gasteiger partial charge >= 0.3 is 0 Å². The van der Waals surface area contributed by atoms with Crippen molar-refractivity contribution in [3.05, 3.63) is 58.7 Å². The minimum absolute atomic E-state index is 0.388. The Labute approximate surface area is 146 Å². The molecule has 1 atom stereocenters. The second-order valence-corrected chi connectivity index (χ2v) is 6.70. The summed E-state index contributed by atoms with van der Waals surface area (Å²) in [7, 11) is 3.46. The maximum absolute atomic E-state index is 5.43. The summed E-state index contributed by atoms with van der Waals surface area (Å²) in [6.45, 7) is 8.84. The number of methoxy groups -OCH3 is 2. The second-order valence-electron chi connectivity index (χ2n) is 6.70. The monoisotopic (exact) mass is 326 g/mol. The second kappa shape index (κ2) is 8.23. The fourth-order valence-electron chi connectivity index (χ4n) is 3.66. The van der Waals surface area contributed by atoms with Crippen molar-refractivity contribution in [1.29, 1.82) is 0 Å². The summed E-state index contributed by atoms with van der Waals surface area (Å²) < 4.78 is 10.9. The van der Waals surface area contributed by atoms with E-state index >= 15 is 0 Å². The van der Waals surface area contributed by atoms with Crippen molar-refractivity contribution in [2.75, 3.05) is 14.2 Å². The summed E-state index contributed by atoms with van der Waals surface area (Å²) >= 11 is 0. The van der Waals surface area contributed by atoms with E-state index in [0.29, 0.717) is 11.8 Å². The van der Waals surface area contributed by atoms with Gasteiger partial charge in [0.1, 0.15) is 11.5 Å². The first kappa shape index (κ1) is 18.4. The fourth-order valence-corrected chi connectivity index (χ4v) is 3.66. The van der Waals surface area contributed by atoms with Crippen LogP contribution >= 0.6 is 0 Å². The van der Waals surface area contributed by atoms with Crippen LogP contribution in [0.25, 0.3) is 0 Å². The van der Waals surface area contributed by atoms with E-state index in [1.807, 2.05) is 0 Å². The van der Waals surface area contributed by atoms with Crippen LogP contribution in [-0.2, 0) is 0 Å². The molecule has 2 heteroatoms. The van der Waals surface area contributed by atoms with Crippen LogP contribution < -0.4 is 9.47 Å². The topological polar surface area (TPSA) is 18.5 Å². The Balaban J connectivity index is 2.48. The molecule has 2 nitrogen and oxygen atoms in total. The minimum atomic E-state index is 0.388. The summed E-state index contributed by atoms with van der Waals surface area (Å²) in [4.78, 5) is 0. The fraction of sp³-hybridized carbons (Fsp3) is 0.455. The van der Waals surface area contributed by atoms with Crippen molar-refractivity contribution in [2.45, 2.75) is 46.5 Å². The van der Waals surface area contributed by atoms with Gasteiger partial charge in [0.25, 0.3) is 0 Å². The Morgan fingerprint density at radius 3 is 1.62 bits per heavy atom. The lowest BCUT2D eigenvalue weighted by Gasteiger charge is -2.26. The maximum atomic E-state index is 5.43. The Morgan fingerprint density at radius 1 is 0.833 bits per heavy atom. The molecular formula is C22H30O2. The molecule has 0 aliphatic rings. The van der Waals surface area contributed by atoms with E-state index in [1.54, 1.807) is 14.2 Å². The molecule has 2 rings (SSSR count). The summed E-state index contributed by atoms with van der Waals surface area (Å²) in [5, 5.41) is 0. The van der Waals surface area contributed by atoms with Gasteiger partial charge in [-0.3, -0.25) is 0 Å². The lowest BCUT2D eigenvalue weighted by molar-refractivity contribution is 0.409. The van der Waals surface area contributed by atoms with Crippen molar-refractivity contribution in [3.63, 3.8) is 0 Å². The van der Waals surface area contributed by atoms with Gasteiger partial charge in [0.15, 0.2) is 0 Å². The summed E-state index contributed by atoms with van der Waals surface area (Å²) in [5.74, 6) is 2.87. The Hall–Kier alpha value is -1.96. The third kappa shape index (κ3) is 3.92. The lowest BCUT2D eigenvalue weighted by Crippen LogP contribution is -2.12. The van der Waals surface area contributed by atoms with Crippen molar-refractivity contribution >= 4 is 0 Å². The average molecular weight is 326 g/mol.